The lowest BCUT2D eigenvalue weighted by molar-refractivity contribution is -0.138. The number of hydrogen-bond acceptors (Lipinski definition) is 6. The van der Waals surface area contributed by atoms with Gasteiger partial charge in [-0.1, -0.05) is 24.3 Å². The summed E-state index contributed by atoms with van der Waals surface area (Å²) in [5.41, 5.74) is 3.45. The molecule has 9 heteroatoms. The number of rotatable bonds is 1. The van der Waals surface area contributed by atoms with Crippen LogP contribution in [0.1, 0.15) is 36.8 Å². The first-order valence-electron chi connectivity index (χ1n) is 10.6. The fraction of sp³-hybridized carbons (Fsp3) is 0.458. The SMILES string of the molecule is CCO.CN1C2C=C3C(C#N)=C(N)C(C#N)(C#N)C(c4ccccc4C(F)(F)F)C3C1CC2. The van der Waals surface area contributed by atoms with Crippen molar-refractivity contribution >= 4 is 0 Å². The summed E-state index contributed by atoms with van der Waals surface area (Å²) in [4.78, 5) is 2.06. The number of nitrogens with zero attached hydrogens (tertiary/aromatic N) is 4. The van der Waals surface area contributed by atoms with Crippen LogP contribution in [0, 0.1) is 45.3 Å². The Balaban J connectivity index is 0.000000968. The Kier molecular flexibility index (Phi) is 6.56. The van der Waals surface area contributed by atoms with Crippen LogP contribution in [0.2, 0.25) is 0 Å². The lowest BCUT2D eigenvalue weighted by atomic mass is 9.56. The predicted octanol–water partition coefficient (Wildman–Crippen LogP) is 3.59. The van der Waals surface area contributed by atoms with Gasteiger partial charge in [-0.05, 0) is 44.0 Å². The zero-order chi connectivity index (χ0) is 24.6. The fourth-order valence-electron chi connectivity index (χ4n) is 5.46. The van der Waals surface area contributed by atoms with Crippen LogP contribution in [0.5, 0.6) is 0 Å². The van der Waals surface area contributed by atoms with Gasteiger partial charge in [-0.3, -0.25) is 4.90 Å². The van der Waals surface area contributed by atoms with E-state index in [0.29, 0.717) is 12.0 Å². The summed E-state index contributed by atoms with van der Waals surface area (Å²) in [5.74, 6) is -1.78. The lowest BCUT2D eigenvalue weighted by Gasteiger charge is -2.48. The van der Waals surface area contributed by atoms with E-state index in [1.165, 1.54) is 18.2 Å². The van der Waals surface area contributed by atoms with Gasteiger partial charge >= 0.3 is 6.18 Å². The number of likely N-dealkylation sites (N-methyl/N-ethyl adjacent to an activating group) is 1. The minimum Gasteiger partial charge on any atom is -0.399 e. The van der Waals surface area contributed by atoms with Gasteiger partial charge < -0.3 is 10.8 Å². The van der Waals surface area contributed by atoms with Crippen molar-refractivity contribution in [2.75, 3.05) is 13.7 Å². The predicted molar refractivity (Wildman–Crippen MR) is 114 cm³/mol. The molecule has 0 spiro atoms. The Morgan fingerprint density at radius 2 is 1.79 bits per heavy atom. The minimum absolute atomic E-state index is 0.0487. The normalized spacial score (nSPS) is 27.8. The summed E-state index contributed by atoms with van der Waals surface area (Å²) in [6, 6.07) is 10.7. The number of fused-ring (bicyclic) bond motifs is 4. The molecule has 0 radical (unpaired) electrons. The van der Waals surface area contributed by atoms with Crippen LogP contribution in [0.3, 0.4) is 0 Å². The van der Waals surface area contributed by atoms with Crippen LogP contribution in [-0.2, 0) is 6.18 Å². The highest BCUT2D eigenvalue weighted by molar-refractivity contribution is 5.61. The van der Waals surface area contributed by atoms with Crippen LogP contribution in [0.25, 0.3) is 0 Å². The lowest BCUT2D eigenvalue weighted by Crippen LogP contribution is -2.51. The van der Waals surface area contributed by atoms with Crippen molar-refractivity contribution in [3.05, 3.63) is 58.3 Å². The summed E-state index contributed by atoms with van der Waals surface area (Å²) in [6.07, 6.45) is -1.30. The third kappa shape index (κ3) is 3.66. The maximum atomic E-state index is 13.9. The van der Waals surface area contributed by atoms with Gasteiger partial charge in [0.2, 0.25) is 0 Å². The van der Waals surface area contributed by atoms with E-state index >= 15 is 0 Å². The summed E-state index contributed by atoms with van der Waals surface area (Å²) < 4.78 is 41.7. The number of alkyl halides is 3. The molecule has 1 aromatic rings. The molecule has 33 heavy (non-hydrogen) atoms. The van der Waals surface area contributed by atoms with E-state index in [1.807, 2.05) is 31.3 Å². The molecule has 1 fully saturated rings. The maximum absolute atomic E-state index is 13.9. The van der Waals surface area contributed by atoms with E-state index in [-0.39, 0.29) is 35.5 Å². The number of hydrogen-bond donors (Lipinski definition) is 2. The second-order valence-corrected chi connectivity index (χ2v) is 8.34. The highest BCUT2D eigenvalue weighted by atomic mass is 19.4. The highest BCUT2D eigenvalue weighted by Gasteiger charge is 2.59. The number of allylic oxidation sites excluding steroid dienone is 2. The number of nitriles is 3. The molecule has 6 nitrogen and oxygen atoms in total. The van der Waals surface area contributed by atoms with Crippen LogP contribution in [0.4, 0.5) is 13.2 Å². The Bertz CT molecular complexity index is 1100. The molecule has 4 unspecified atom stereocenters. The quantitative estimate of drug-likeness (QED) is 0.668. The summed E-state index contributed by atoms with van der Waals surface area (Å²) >= 11 is 0. The second kappa shape index (κ2) is 8.90. The van der Waals surface area contributed by atoms with Gasteiger partial charge in [0.15, 0.2) is 5.41 Å². The zero-order valence-electron chi connectivity index (χ0n) is 18.3. The van der Waals surface area contributed by atoms with Gasteiger partial charge in [-0.2, -0.15) is 29.0 Å². The molecule has 0 amide bonds. The number of aliphatic hydroxyl groups excluding tert-OH is 1. The summed E-state index contributed by atoms with van der Waals surface area (Å²) in [7, 11) is 1.89. The Hall–Kier alpha value is -3.32. The molecule has 1 aliphatic carbocycles. The molecule has 2 bridgehead atoms. The first kappa shape index (κ1) is 24.3. The third-order valence-corrected chi connectivity index (χ3v) is 6.82. The first-order valence-corrected chi connectivity index (χ1v) is 10.6. The topological polar surface area (TPSA) is 121 Å². The number of nitrogens with two attached hydrogens (primary N) is 1. The summed E-state index contributed by atoms with van der Waals surface area (Å²) in [5, 5.41) is 37.5. The highest BCUT2D eigenvalue weighted by Crippen LogP contribution is 2.59. The molecule has 4 rings (SSSR count). The van der Waals surface area contributed by atoms with Crippen molar-refractivity contribution in [1.29, 1.82) is 15.8 Å². The van der Waals surface area contributed by atoms with Gasteiger partial charge in [0, 0.05) is 30.5 Å². The van der Waals surface area contributed by atoms with Crippen LogP contribution in [0.15, 0.2) is 47.2 Å². The van der Waals surface area contributed by atoms with E-state index in [1.54, 1.807) is 6.92 Å². The van der Waals surface area contributed by atoms with E-state index in [4.69, 9.17) is 10.8 Å². The number of aliphatic hydroxyl groups is 1. The Labute approximate surface area is 190 Å². The molecule has 2 heterocycles. The molecule has 0 aromatic heterocycles. The second-order valence-electron chi connectivity index (χ2n) is 8.34. The van der Waals surface area contributed by atoms with Gasteiger partial charge in [0.25, 0.3) is 0 Å². The van der Waals surface area contributed by atoms with Gasteiger partial charge in [-0.15, -0.1) is 0 Å². The molecular weight excluding hydrogens is 431 g/mol. The summed E-state index contributed by atoms with van der Waals surface area (Å²) in [6.45, 7) is 1.93. The Morgan fingerprint density at radius 3 is 2.33 bits per heavy atom. The van der Waals surface area contributed by atoms with Crippen molar-refractivity contribution < 1.29 is 18.3 Å². The van der Waals surface area contributed by atoms with Crippen molar-refractivity contribution in [2.24, 2.45) is 17.1 Å². The standard InChI is InChI=1S/C22H18F3N5.C2H6O/c1-30-12-6-7-17(30)18-14(8-12)15(9-26)20(29)21(10-27,11-28)19(18)13-4-2-3-5-16(13)22(23,24)25;1-2-3/h2-5,8,12,17-19H,6-7,29H2,1H3;3H,2H2,1H3. The van der Waals surface area contributed by atoms with E-state index < -0.39 is 29.0 Å². The van der Waals surface area contributed by atoms with Crippen molar-refractivity contribution in [3.8, 4) is 18.2 Å². The van der Waals surface area contributed by atoms with Crippen LogP contribution >= 0.6 is 0 Å². The molecule has 3 N–H and O–H groups in total. The average molecular weight is 455 g/mol. The van der Waals surface area contributed by atoms with Crippen molar-refractivity contribution in [2.45, 2.75) is 43.9 Å². The molecule has 4 atom stereocenters. The van der Waals surface area contributed by atoms with Gasteiger partial charge in [0.1, 0.15) is 6.07 Å². The molecule has 0 saturated carbocycles. The Morgan fingerprint density at radius 1 is 1.18 bits per heavy atom. The van der Waals surface area contributed by atoms with Crippen LogP contribution in [-0.4, -0.2) is 35.7 Å². The van der Waals surface area contributed by atoms with Gasteiger partial charge in [0.05, 0.1) is 29.0 Å². The monoisotopic (exact) mass is 455 g/mol. The molecular formula is C24H24F3N5O. The molecule has 3 aliphatic rings. The maximum Gasteiger partial charge on any atom is 0.416 e. The fourth-order valence-corrected chi connectivity index (χ4v) is 5.46. The first-order chi connectivity index (χ1) is 15.6. The third-order valence-electron chi connectivity index (χ3n) is 6.82. The minimum atomic E-state index is -4.66. The van der Waals surface area contributed by atoms with Crippen molar-refractivity contribution in [3.63, 3.8) is 0 Å². The van der Waals surface area contributed by atoms with E-state index in [2.05, 4.69) is 4.90 Å². The van der Waals surface area contributed by atoms with Crippen molar-refractivity contribution in [1.82, 2.24) is 4.90 Å². The van der Waals surface area contributed by atoms with Crippen LogP contribution < -0.4 is 5.73 Å². The zero-order valence-corrected chi connectivity index (χ0v) is 18.3. The van der Waals surface area contributed by atoms with Gasteiger partial charge in [-0.25, -0.2) is 0 Å². The van der Waals surface area contributed by atoms with E-state index in [0.717, 1.165) is 12.5 Å². The number of benzene rings is 1. The molecule has 172 valence electrons. The smallest absolute Gasteiger partial charge is 0.399 e. The van der Waals surface area contributed by atoms with E-state index in [9.17, 15) is 29.0 Å². The number of halogens is 3. The molecule has 1 saturated heterocycles. The molecule has 2 aliphatic heterocycles. The molecule has 1 aromatic carbocycles. The average Bonchev–Trinajstić information content (AvgIpc) is 3.01. The largest absolute Gasteiger partial charge is 0.416 e.